The number of nitrogens with one attached hydrogen (secondary N) is 1. The number of nitro benzene ring substituents is 1. The molecule has 1 aliphatic heterocycles. The average Bonchev–Trinajstić information content (AvgIpc) is 3.11. The van der Waals surface area contributed by atoms with Crippen molar-refractivity contribution >= 4 is 33.9 Å². The number of hydrogen-bond donors (Lipinski definition) is 1. The Balaban J connectivity index is 1.43. The van der Waals surface area contributed by atoms with E-state index in [2.05, 4.69) is 15.3 Å². The zero-order chi connectivity index (χ0) is 19.5. The van der Waals surface area contributed by atoms with Gasteiger partial charge in [0.2, 0.25) is 5.91 Å². The number of morpholine rings is 1. The van der Waals surface area contributed by atoms with Crippen LogP contribution in [0, 0.1) is 10.1 Å². The minimum Gasteiger partial charge on any atom is -0.378 e. The maximum atomic E-state index is 12.4. The molecule has 1 amide bonds. The molecule has 1 fully saturated rings. The van der Waals surface area contributed by atoms with E-state index in [0.717, 1.165) is 24.2 Å². The van der Waals surface area contributed by atoms with Crippen LogP contribution in [-0.2, 0) is 16.1 Å². The number of rotatable bonds is 5. The molecule has 1 N–H and O–H groups in total. The van der Waals surface area contributed by atoms with E-state index in [1.807, 2.05) is 24.3 Å². The van der Waals surface area contributed by atoms with E-state index >= 15 is 0 Å². The molecule has 144 valence electrons. The Morgan fingerprint density at radius 3 is 2.64 bits per heavy atom. The van der Waals surface area contributed by atoms with Gasteiger partial charge in [0, 0.05) is 42.0 Å². The van der Waals surface area contributed by atoms with Crippen LogP contribution in [0.15, 0.2) is 48.7 Å². The number of aromatic nitrogens is 2. The molecule has 1 saturated heterocycles. The highest BCUT2D eigenvalue weighted by molar-refractivity contribution is 5.92. The summed E-state index contributed by atoms with van der Waals surface area (Å²) in [6.07, 6.45) is 1.59. The number of nitrogens with zero attached hydrogens (tertiary/aromatic N) is 4. The number of benzene rings is 2. The van der Waals surface area contributed by atoms with Crippen LogP contribution in [0.5, 0.6) is 0 Å². The van der Waals surface area contributed by atoms with Gasteiger partial charge in [0.15, 0.2) is 0 Å². The molecular formula is C19H19N5O4. The number of non-ortho nitro benzene ring substituents is 1. The third kappa shape index (κ3) is 3.79. The summed E-state index contributed by atoms with van der Waals surface area (Å²) in [6.45, 7) is 3.10. The van der Waals surface area contributed by atoms with Gasteiger partial charge in [-0.05, 0) is 30.3 Å². The van der Waals surface area contributed by atoms with Gasteiger partial charge in [-0.1, -0.05) is 0 Å². The number of amides is 1. The summed E-state index contributed by atoms with van der Waals surface area (Å²) in [5.74, 6) is -0.254. The molecule has 0 atom stereocenters. The van der Waals surface area contributed by atoms with E-state index in [1.165, 1.54) is 16.8 Å². The summed E-state index contributed by atoms with van der Waals surface area (Å²) in [7, 11) is 0. The van der Waals surface area contributed by atoms with Gasteiger partial charge in [-0.2, -0.15) is 5.10 Å². The quantitative estimate of drug-likeness (QED) is 0.538. The molecule has 0 radical (unpaired) electrons. The molecule has 0 saturated carbocycles. The number of ether oxygens (including phenoxy) is 1. The number of carbonyl (C=O) groups is 1. The molecule has 1 aliphatic rings. The molecule has 28 heavy (non-hydrogen) atoms. The SMILES string of the molecule is O=C(Cn1ncc2ccc([N+](=O)[O-])cc21)Nc1ccc(N2CCOCC2)cc1. The van der Waals surface area contributed by atoms with Gasteiger partial charge in [0.25, 0.3) is 5.69 Å². The number of nitro groups is 1. The van der Waals surface area contributed by atoms with Crippen molar-refractivity contribution in [3.8, 4) is 0 Å². The Morgan fingerprint density at radius 2 is 1.93 bits per heavy atom. The first-order chi connectivity index (χ1) is 13.6. The lowest BCUT2D eigenvalue weighted by molar-refractivity contribution is -0.384. The second kappa shape index (κ2) is 7.65. The van der Waals surface area contributed by atoms with Crippen molar-refractivity contribution < 1.29 is 14.5 Å². The number of carbonyl (C=O) groups excluding carboxylic acids is 1. The predicted octanol–water partition coefficient (Wildman–Crippen LogP) is 2.42. The molecule has 9 nitrogen and oxygen atoms in total. The van der Waals surface area contributed by atoms with Crippen LogP contribution in [0.2, 0.25) is 0 Å². The van der Waals surface area contributed by atoms with Crippen LogP contribution in [-0.4, -0.2) is 46.9 Å². The summed E-state index contributed by atoms with van der Waals surface area (Å²) in [6, 6.07) is 12.1. The van der Waals surface area contributed by atoms with Crippen molar-refractivity contribution in [1.82, 2.24) is 9.78 Å². The normalized spacial score (nSPS) is 14.2. The number of hydrogen-bond acceptors (Lipinski definition) is 6. The minimum absolute atomic E-state index is 0.0319. The first-order valence-corrected chi connectivity index (χ1v) is 8.93. The van der Waals surface area contributed by atoms with E-state index in [9.17, 15) is 14.9 Å². The highest BCUT2D eigenvalue weighted by Crippen LogP contribution is 2.21. The Morgan fingerprint density at radius 1 is 1.18 bits per heavy atom. The first-order valence-electron chi connectivity index (χ1n) is 8.93. The fourth-order valence-corrected chi connectivity index (χ4v) is 3.21. The zero-order valence-electron chi connectivity index (χ0n) is 15.1. The van der Waals surface area contributed by atoms with Crippen molar-refractivity contribution in [3.05, 3.63) is 58.8 Å². The van der Waals surface area contributed by atoms with Crippen LogP contribution in [0.3, 0.4) is 0 Å². The molecule has 0 unspecified atom stereocenters. The van der Waals surface area contributed by atoms with Crippen LogP contribution in [0.25, 0.3) is 10.9 Å². The molecular weight excluding hydrogens is 362 g/mol. The molecule has 0 aliphatic carbocycles. The Hall–Kier alpha value is -3.46. The molecule has 0 spiro atoms. The van der Waals surface area contributed by atoms with Crippen LogP contribution in [0.1, 0.15) is 0 Å². The largest absolute Gasteiger partial charge is 0.378 e. The molecule has 2 aromatic carbocycles. The first kappa shape index (κ1) is 17.9. The standard InChI is InChI=1S/C19H19N5O4/c25-19(13-23-18-11-17(24(26)27)4-1-14(18)12-20-23)21-15-2-5-16(6-3-15)22-7-9-28-10-8-22/h1-6,11-12H,7-10,13H2,(H,21,25). The van der Waals surface area contributed by atoms with Gasteiger partial charge in [0.05, 0.1) is 29.9 Å². The van der Waals surface area contributed by atoms with Crippen LogP contribution in [0.4, 0.5) is 17.1 Å². The van der Waals surface area contributed by atoms with Crippen LogP contribution >= 0.6 is 0 Å². The van der Waals surface area contributed by atoms with Gasteiger partial charge >= 0.3 is 0 Å². The second-order valence-electron chi connectivity index (χ2n) is 6.50. The molecule has 2 heterocycles. The van der Waals surface area contributed by atoms with Crippen molar-refractivity contribution in [2.24, 2.45) is 0 Å². The van der Waals surface area contributed by atoms with Crippen molar-refractivity contribution in [2.45, 2.75) is 6.54 Å². The van der Waals surface area contributed by atoms with Gasteiger partial charge in [-0.25, -0.2) is 0 Å². The summed E-state index contributed by atoms with van der Waals surface area (Å²) >= 11 is 0. The van der Waals surface area contributed by atoms with E-state index in [1.54, 1.807) is 12.3 Å². The van der Waals surface area contributed by atoms with Gasteiger partial charge < -0.3 is 15.0 Å². The fourth-order valence-electron chi connectivity index (χ4n) is 3.21. The smallest absolute Gasteiger partial charge is 0.271 e. The molecule has 4 rings (SSSR count). The maximum absolute atomic E-state index is 12.4. The summed E-state index contributed by atoms with van der Waals surface area (Å²) in [5, 5.41) is 18.7. The molecule has 9 heteroatoms. The second-order valence-corrected chi connectivity index (χ2v) is 6.50. The van der Waals surface area contributed by atoms with Crippen molar-refractivity contribution in [3.63, 3.8) is 0 Å². The van der Waals surface area contributed by atoms with Gasteiger partial charge in [-0.3, -0.25) is 19.6 Å². The third-order valence-electron chi connectivity index (χ3n) is 4.66. The lowest BCUT2D eigenvalue weighted by Crippen LogP contribution is -2.36. The Kier molecular flexibility index (Phi) is 4.90. The molecule has 3 aromatic rings. The van der Waals surface area contributed by atoms with E-state index in [0.29, 0.717) is 24.4 Å². The summed E-state index contributed by atoms with van der Waals surface area (Å²) < 4.78 is 6.81. The van der Waals surface area contributed by atoms with Crippen molar-refractivity contribution in [2.75, 3.05) is 36.5 Å². The lowest BCUT2D eigenvalue weighted by atomic mass is 10.2. The lowest BCUT2D eigenvalue weighted by Gasteiger charge is -2.28. The maximum Gasteiger partial charge on any atom is 0.271 e. The minimum atomic E-state index is -0.465. The number of fused-ring (bicyclic) bond motifs is 1. The predicted molar refractivity (Wildman–Crippen MR) is 104 cm³/mol. The molecule has 0 bridgehead atoms. The van der Waals surface area contributed by atoms with Crippen LogP contribution < -0.4 is 10.2 Å². The zero-order valence-corrected chi connectivity index (χ0v) is 15.1. The molecule has 1 aromatic heterocycles. The average molecular weight is 381 g/mol. The number of anilines is 2. The van der Waals surface area contributed by atoms with E-state index in [4.69, 9.17) is 4.74 Å². The monoisotopic (exact) mass is 381 g/mol. The highest BCUT2D eigenvalue weighted by Gasteiger charge is 2.14. The highest BCUT2D eigenvalue weighted by atomic mass is 16.6. The Bertz CT molecular complexity index is 1010. The van der Waals surface area contributed by atoms with Gasteiger partial charge in [-0.15, -0.1) is 0 Å². The van der Waals surface area contributed by atoms with Crippen molar-refractivity contribution in [1.29, 1.82) is 0 Å². The third-order valence-corrected chi connectivity index (χ3v) is 4.66. The fraction of sp³-hybridized carbons (Fsp3) is 0.263. The Labute approximate surface area is 160 Å². The van der Waals surface area contributed by atoms with E-state index < -0.39 is 4.92 Å². The topological polar surface area (TPSA) is 103 Å². The summed E-state index contributed by atoms with van der Waals surface area (Å²) in [4.78, 5) is 25.1. The van der Waals surface area contributed by atoms with E-state index in [-0.39, 0.29) is 18.1 Å². The van der Waals surface area contributed by atoms with Gasteiger partial charge in [0.1, 0.15) is 6.54 Å². The summed E-state index contributed by atoms with van der Waals surface area (Å²) in [5.41, 5.74) is 2.29.